The summed E-state index contributed by atoms with van der Waals surface area (Å²) in [4.78, 5) is 19.0. The first-order valence-electron chi connectivity index (χ1n) is 9.34. The zero-order chi connectivity index (χ0) is 18.1. The molecule has 1 atom stereocenters. The van der Waals surface area contributed by atoms with Crippen LogP contribution in [0.5, 0.6) is 5.75 Å². The molecule has 3 heterocycles. The van der Waals surface area contributed by atoms with Gasteiger partial charge < -0.3 is 19.3 Å². The summed E-state index contributed by atoms with van der Waals surface area (Å²) in [6.07, 6.45) is 6.51. The summed E-state index contributed by atoms with van der Waals surface area (Å²) in [6.45, 7) is 2.09. The van der Waals surface area contributed by atoms with Crippen molar-refractivity contribution in [3.63, 3.8) is 0 Å². The molecule has 1 amide bonds. The molecule has 1 fully saturated rings. The van der Waals surface area contributed by atoms with Gasteiger partial charge in [-0.05, 0) is 55.4 Å². The van der Waals surface area contributed by atoms with Crippen molar-refractivity contribution in [1.82, 2.24) is 14.5 Å². The van der Waals surface area contributed by atoms with Crippen LogP contribution in [0.25, 0.3) is 0 Å². The van der Waals surface area contributed by atoms with Crippen molar-refractivity contribution in [3.05, 3.63) is 47.5 Å². The Morgan fingerprint density at radius 3 is 2.88 bits per heavy atom. The van der Waals surface area contributed by atoms with Crippen LogP contribution in [0.4, 0.5) is 0 Å². The molecule has 0 bridgehead atoms. The standard InChI is InChI=1S/C20H25N3O3/c1-22-11-8-21-19(22)18(24)14-6-9-23(10-7-14)20(25)16-4-5-17-15(13-16)3-2-12-26-17/h4-5,8,11,13-14,18,24H,2-3,6-7,9-10,12H2,1H3/t18-/m0/s1. The minimum atomic E-state index is -0.576. The van der Waals surface area contributed by atoms with Crippen LogP contribution in [0.15, 0.2) is 30.6 Å². The number of piperidine rings is 1. The minimum Gasteiger partial charge on any atom is -0.493 e. The van der Waals surface area contributed by atoms with Crippen molar-refractivity contribution in [2.45, 2.75) is 31.8 Å². The molecule has 1 aromatic carbocycles. The van der Waals surface area contributed by atoms with Gasteiger partial charge in [-0.2, -0.15) is 0 Å². The first-order valence-corrected chi connectivity index (χ1v) is 9.34. The highest BCUT2D eigenvalue weighted by molar-refractivity contribution is 5.94. The van der Waals surface area contributed by atoms with E-state index in [2.05, 4.69) is 4.98 Å². The molecule has 2 aliphatic heterocycles. The number of aliphatic hydroxyl groups excluding tert-OH is 1. The molecule has 0 unspecified atom stereocenters. The predicted octanol–water partition coefficient (Wildman–Crippen LogP) is 2.33. The van der Waals surface area contributed by atoms with Gasteiger partial charge in [0.1, 0.15) is 17.7 Å². The van der Waals surface area contributed by atoms with E-state index >= 15 is 0 Å². The van der Waals surface area contributed by atoms with E-state index in [9.17, 15) is 9.90 Å². The molecule has 0 radical (unpaired) electrons. The van der Waals surface area contributed by atoms with E-state index < -0.39 is 6.10 Å². The molecule has 2 aliphatic rings. The average molecular weight is 355 g/mol. The Labute approximate surface area is 153 Å². The summed E-state index contributed by atoms with van der Waals surface area (Å²) in [5.74, 6) is 1.81. The average Bonchev–Trinajstić information content (AvgIpc) is 3.12. The number of hydrogen-bond donors (Lipinski definition) is 1. The van der Waals surface area contributed by atoms with Crippen molar-refractivity contribution in [2.24, 2.45) is 13.0 Å². The first kappa shape index (κ1) is 17.1. The van der Waals surface area contributed by atoms with Crippen LogP contribution in [-0.4, -0.2) is 45.2 Å². The smallest absolute Gasteiger partial charge is 0.253 e. The van der Waals surface area contributed by atoms with Crippen LogP contribution in [0, 0.1) is 5.92 Å². The monoisotopic (exact) mass is 355 g/mol. The topological polar surface area (TPSA) is 67.6 Å². The molecule has 0 aliphatic carbocycles. The van der Waals surface area contributed by atoms with Gasteiger partial charge in [-0.1, -0.05) is 0 Å². The zero-order valence-electron chi connectivity index (χ0n) is 15.1. The molecule has 4 rings (SSSR count). The second kappa shape index (κ2) is 7.11. The molecular weight excluding hydrogens is 330 g/mol. The fourth-order valence-corrected chi connectivity index (χ4v) is 3.97. The molecule has 1 aromatic heterocycles. The van der Waals surface area contributed by atoms with Gasteiger partial charge in [0.25, 0.3) is 5.91 Å². The van der Waals surface area contributed by atoms with Gasteiger partial charge in [-0.15, -0.1) is 0 Å². The number of hydrogen-bond acceptors (Lipinski definition) is 4. The molecule has 6 heteroatoms. The Kier molecular flexibility index (Phi) is 4.68. The zero-order valence-corrected chi connectivity index (χ0v) is 15.1. The Bertz CT molecular complexity index is 793. The number of nitrogens with zero attached hydrogens (tertiary/aromatic N) is 3. The number of amides is 1. The van der Waals surface area contributed by atoms with Crippen molar-refractivity contribution in [1.29, 1.82) is 0 Å². The number of carbonyl (C=O) groups is 1. The maximum absolute atomic E-state index is 12.9. The van der Waals surface area contributed by atoms with Crippen LogP contribution >= 0.6 is 0 Å². The van der Waals surface area contributed by atoms with Gasteiger partial charge in [0.2, 0.25) is 0 Å². The lowest BCUT2D eigenvalue weighted by Crippen LogP contribution is -2.40. The second-order valence-corrected chi connectivity index (χ2v) is 7.25. The third-order valence-corrected chi connectivity index (χ3v) is 5.55. The third-order valence-electron chi connectivity index (χ3n) is 5.55. The fraction of sp³-hybridized carbons (Fsp3) is 0.500. The first-order chi connectivity index (χ1) is 12.6. The van der Waals surface area contributed by atoms with E-state index in [0.717, 1.165) is 49.2 Å². The lowest BCUT2D eigenvalue weighted by molar-refractivity contribution is 0.0420. The maximum Gasteiger partial charge on any atom is 0.253 e. The van der Waals surface area contributed by atoms with Gasteiger partial charge in [0.15, 0.2) is 0 Å². The molecule has 0 spiro atoms. The van der Waals surface area contributed by atoms with Crippen LogP contribution in [-0.2, 0) is 13.5 Å². The number of fused-ring (bicyclic) bond motifs is 1. The van der Waals surface area contributed by atoms with Crippen LogP contribution in [0.3, 0.4) is 0 Å². The number of carbonyl (C=O) groups excluding carboxylic acids is 1. The highest BCUT2D eigenvalue weighted by atomic mass is 16.5. The normalized spacial score (nSPS) is 18.9. The summed E-state index contributed by atoms with van der Waals surface area (Å²) >= 11 is 0. The van der Waals surface area contributed by atoms with E-state index in [0.29, 0.717) is 18.9 Å². The van der Waals surface area contributed by atoms with Crippen molar-refractivity contribution in [3.8, 4) is 5.75 Å². The summed E-state index contributed by atoms with van der Waals surface area (Å²) in [5.41, 5.74) is 1.86. The van der Waals surface area contributed by atoms with Gasteiger partial charge >= 0.3 is 0 Å². The maximum atomic E-state index is 12.9. The molecular formula is C20H25N3O3. The number of ether oxygens (including phenoxy) is 1. The Hall–Kier alpha value is -2.34. The van der Waals surface area contributed by atoms with Crippen LogP contribution < -0.4 is 4.74 Å². The van der Waals surface area contributed by atoms with Crippen molar-refractivity contribution >= 4 is 5.91 Å². The molecule has 138 valence electrons. The number of benzene rings is 1. The number of aromatic nitrogens is 2. The second-order valence-electron chi connectivity index (χ2n) is 7.25. The van der Waals surface area contributed by atoms with Gasteiger partial charge in [0, 0.05) is 38.1 Å². The molecule has 6 nitrogen and oxygen atoms in total. The molecule has 2 aromatic rings. The predicted molar refractivity (Wildman–Crippen MR) is 97.1 cm³/mol. The van der Waals surface area contributed by atoms with Crippen molar-refractivity contribution in [2.75, 3.05) is 19.7 Å². The largest absolute Gasteiger partial charge is 0.493 e. The summed E-state index contributed by atoms with van der Waals surface area (Å²) in [5, 5.41) is 10.6. The molecule has 1 saturated heterocycles. The molecule has 26 heavy (non-hydrogen) atoms. The van der Waals surface area contributed by atoms with Gasteiger partial charge in [-0.3, -0.25) is 4.79 Å². The highest BCUT2D eigenvalue weighted by Gasteiger charge is 2.30. The van der Waals surface area contributed by atoms with E-state index in [-0.39, 0.29) is 11.8 Å². The van der Waals surface area contributed by atoms with Crippen LogP contribution in [0.2, 0.25) is 0 Å². The van der Waals surface area contributed by atoms with E-state index in [1.807, 2.05) is 40.9 Å². The Balaban J connectivity index is 1.40. The number of rotatable bonds is 3. The lowest BCUT2D eigenvalue weighted by Gasteiger charge is -2.34. The SMILES string of the molecule is Cn1ccnc1[C@@H](O)C1CCN(C(=O)c2ccc3c(c2)CCCO3)CC1. The summed E-state index contributed by atoms with van der Waals surface area (Å²) in [7, 11) is 1.89. The van der Waals surface area contributed by atoms with Crippen LogP contribution in [0.1, 0.15) is 47.1 Å². The van der Waals surface area contributed by atoms with Crippen molar-refractivity contribution < 1.29 is 14.6 Å². The number of imidazole rings is 1. The summed E-state index contributed by atoms with van der Waals surface area (Å²) in [6, 6.07) is 5.76. The Morgan fingerprint density at radius 2 is 2.15 bits per heavy atom. The van der Waals surface area contributed by atoms with E-state index in [1.165, 1.54) is 0 Å². The third kappa shape index (κ3) is 3.21. The number of aliphatic hydroxyl groups is 1. The fourth-order valence-electron chi connectivity index (χ4n) is 3.97. The molecule has 1 N–H and O–H groups in total. The highest BCUT2D eigenvalue weighted by Crippen LogP contribution is 2.31. The summed E-state index contributed by atoms with van der Waals surface area (Å²) < 4.78 is 7.49. The van der Waals surface area contributed by atoms with E-state index in [1.54, 1.807) is 6.20 Å². The minimum absolute atomic E-state index is 0.0725. The quantitative estimate of drug-likeness (QED) is 0.918. The van der Waals surface area contributed by atoms with Gasteiger partial charge in [-0.25, -0.2) is 4.98 Å². The van der Waals surface area contributed by atoms with E-state index in [4.69, 9.17) is 4.74 Å². The van der Waals surface area contributed by atoms with Gasteiger partial charge in [0.05, 0.1) is 6.61 Å². The lowest BCUT2D eigenvalue weighted by atomic mass is 9.90. The molecule has 0 saturated carbocycles. The Morgan fingerprint density at radius 1 is 1.35 bits per heavy atom. The number of aryl methyl sites for hydroxylation is 2. The number of likely N-dealkylation sites (tertiary alicyclic amines) is 1.